The van der Waals surface area contributed by atoms with E-state index in [1.54, 1.807) is 32.4 Å². The van der Waals surface area contributed by atoms with Crippen LogP contribution in [-0.4, -0.2) is 25.8 Å². The fourth-order valence-corrected chi connectivity index (χ4v) is 4.14. The van der Waals surface area contributed by atoms with Crippen LogP contribution >= 0.6 is 0 Å². The summed E-state index contributed by atoms with van der Waals surface area (Å²) in [6.07, 6.45) is 10.1. The van der Waals surface area contributed by atoms with Crippen LogP contribution in [0.5, 0.6) is 17.2 Å². The van der Waals surface area contributed by atoms with E-state index in [0.717, 1.165) is 40.9 Å². The van der Waals surface area contributed by atoms with Gasteiger partial charge >= 0.3 is 0 Å². The van der Waals surface area contributed by atoms with Gasteiger partial charge in [-0.15, -0.1) is 0 Å². The first-order valence-electron chi connectivity index (χ1n) is 12.2. The third kappa shape index (κ3) is 7.07. The molecule has 0 spiro atoms. The van der Waals surface area contributed by atoms with E-state index in [4.69, 9.17) is 14.2 Å². The second kappa shape index (κ2) is 12.5. The van der Waals surface area contributed by atoms with Crippen molar-refractivity contribution in [2.24, 2.45) is 0 Å². The molecule has 4 rings (SSSR count). The number of rotatable bonds is 11. The topological polar surface area (TPSA) is 61.8 Å². The minimum absolute atomic E-state index is 0.203. The standard InChI is InChI=1S/C32H30O5/c1-35-29-17-13-25-10-6-9-24(31(25)20-29)11-15-27(33)19-28(34)16-12-26-14-18-30(21-32(26)36-2)37-22-23-7-4-3-5-8-23/h3-5,7-9,11-18,20-21H,6,10,19,22H2,1-2H3/b15-11+,16-12+. The van der Waals surface area contributed by atoms with Crippen molar-refractivity contribution in [1.82, 2.24) is 0 Å². The Morgan fingerprint density at radius 3 is 2.35 bits per heavy atom. The van der Waals surface area contributed by atoms with Crippen LogP contribution in [0.2, 0.25) is 0 Å². The molecule has 0 bridgehead atoms. The Hall–Kier alpha value is -4.38. The highest BCUT2D eigenvalue weighted by molar-refractivity contribution is 6.10. The van der Waals surface area contributed by atoms with E-state index in [1.165, 1.54) is 17.7 Å². The van der Waals surface area contributed by atoms with E-state index in [1.807, 2.05) is 54.6 Å². The van der Waals surface area contributed by atoms with Gasteiger partial charge in [0.25, 0.3) is 0 Å². The Labute approximate surface area is 217 Å². The molecule has 0 fully saturated rings. The van der Waals surface area contributed by atoms with Crippen LogP contribution in [0.4, 0.5) is 0 Å². The van der Waals surface area contributed by atoms with E-state index in [9.17, 15) is 9.59 Å². The lowest BCUT2D eigenvalue weighted by atomic mass is 9.90. The molecule has 1 aliphatic rings. The molecule has 0 saturated heterocycles. The summed E-state index contributed by atoms with van der Waals surface area (Å²) in [5.74, 6) is 1.50. The van der Waals surface area contributed by atoms with Crippen molar-refractivity contribution >= 4 is 23.2 Å². The van der Waals surface area contributed by atoms with Crippen LogP contribution in [0.15, 0.2) is 91.0 Å². The van der Waals surface area contributed by atoms with Crippen molar-refractivity contribution in [1.29, 1.82) is 0 Å². The van der Waals surface area contributed by atoms with Gasteiger partial charge in [0.2, 0.25) is 0 Å². The van der Waals surface area contributed by atoms with Crippen molar-refractivity contribution in [3.05, 3.63) is 113 Å². The molecular formula is C32H30O5. The Kier molecular flexibility index (Phi) is 8.71. The van der Waals surface area contributed by atoms with Gasteiger partial charge < -0.3 is 14.2 Å². The Morgan fingerprint density at radius 2 is 1.59 bits per heavy atom. The van der Waals surface area contributed by atoms with E-state index < -0.39 is 0 Å². The molecule has 3 aromatic rings. The van der Waals surface area contributed by atoms with Gasteiger partial charge in [0.15, 0.2) is 11.6 Å². The lowest BCUT2D eigenvalue weighted by molar-refractivity contribution is -0.121. The largest absolute Gasteiger partial charge is 0.497 e. The monoisotopic (exact) mass is 494 g/mol. The van der Waals surface area contributed by atoms with E-state index in [2.05, 4.69) is 12.1 Å². The molecule has 0 N–H and O–H groups in total. The van der Waals surface area contributed by atoms with Gasteiger partial charge in [0.05, 0.1) is 20.6 Å². The van der Waals surface area contributed by atoms with Crippen molar-refractivity contribution < 1.29 is 23.8 Å². The van der Waals surface area contributed by atoms with E-state index >= 15 is 0 Å². The summed E-state index contributed by atoms with van der Waals surface area (Å²) >= 11 is 0. The Bertz CT molecular complexity index is 1350. The van der Waals surface area contributed by atoms with Gasteiger partial charge in [-0.1, -0.05) is 48.6 Å². The molecule has 0 aliphatic heterocycles. The first-order valence-corrected chi connectivity index (χ1v) is 12.2. The van der Waals surface area contributed by atoms with Crippen molar-refractivity contribution in [3.8, 4) is 17.2 Å². The molecule has 0 amide bonds. The number of carbonyl (C=O) groups excluding carboxylic acids is 2. The third-order valence-corrected chi connectivity index (χ3v) is 6.11. The number of methoxy groups -OCH3 is 2. The highest BCUT2D eigenvalue weighted by Crippen LogP contribution is 2.31. The van der Waals surface area contributed by atoms with E-state index in [0.29, 0.717) is 18.1 Å². The average Bonchev–Trinajstić information content (AvgIpc) is 2.94. The predicted octanol–water partition coefficient (Wildman–Crippen LogP) is 6.41. The van der Waals surface area contributed by atoms with Crippen LogP contribution in [0.25, 0.3) is 11.6 Å². The number of aryl methyl sites for hydroxylation is 1. The molecule has 5 nitrogen and oxygen atoms in total. The van der Waals surface area contributed by atoms with Gasteiger partial charge in [-0.2, -0.15) is 0 Å². The number of allylic oxidation sites excluding steroid dienone is 5. The van der Waals surface area contributed by atoms with Crippen LogP contribution in [0.1, 0.15) is 35.1 Å². The smallest absolute Gasteiger partial charge is 0.163 e. The van der Waals surface area contributed by atoms with Gasteiger partial charge in [0.1, 0.15) is 23.9 Å². The molecule has 37 heavy (non-hydrogen) atoms. The maximum Gasteiger partial charge on any atom is 0.163 e. The van der Waals surface area contributed by atoms with Crippen LogP contribution in [0, 0.1) is 0 Å². The summed E-state index contributed by atoms with van der Waals surface area (Å²) in [6, 6.07) is 21.3. The Morgan fingerprint density at radius 1 is 0.838 bits per heavy atom. The summed E-state index contributed by atoms with van der Waals surface area (Å²) < 4.78 is 16.6. The van der Waals surface area contributed by atoms with Gasteiger partial charge in [0, 0.05) is 11.6 Å². The molecule has 0 heterocycles. The number of carbonyl (C=O) groups is 2. The van der Waals surface area contributed by atoms with Gasteiger partial charge in [-0.3, -0.25) is 9.59 Å². The van der Waals surface area contributed by atoms with Crippen LogP contribution < -0.4 is 14.2 Å². The zero-order chi connectivity index (χ0) is 26.0. The zero-order valence-electron chi connectivity index (χ0n) is 21.1. The predicted molar refractivity (Wildman–Crippen MR) is 146 cm³/mol. The van der Waals surface area contributed by atoms with Gasteiger partial charge in [-0.05, 0) is 77.6 Å². The number of hydrogen-bond acceptors (Lipinski definition) is 5. The maximum absolute atomic E-state index is 12.5. The summed E-state index contributed by atoms with van der Waals surface area (Å²) in [6.45, 7) is 0.448. The second-order valence-electron chi connectivity index (χ2n) is 8.68. The first kappa shape index (κ1) is 25.7. The molecule has 5 heteroatoms. The molecule has 0 radical (unpaired) electrons. The fraction of sp³-hybridized carbons (Fsp3) is 0.188. The molecule has 1 aliphatic carbocycles. The first-order chi connectivity index (χ1) is 18.1. The fourth-order valence-electron chi connectivity index (χ4n) is 4.14. The lowest BCUT2D eigenvalue weighted by Crippen LogP contribution is -2.03. The normalized spacial score (nSPS) is 12.8. The molecular weight excluding hydrogens is 464 g/mol. The number of ether oxygens (including phenoxy) is 3. The highest BCUT2D eigenvalue weighted by Gasteiger charge is 2.13. The third-order valence-electron chi connectivity index (χ3n) is 6.11. The van der Waals surface area contributed by atoms with Crippen LogP contribution in [-0.2, 0) is 22.6 Å². The van der Waals surface area contributed by atoms with E-state index in [-0.39, 0.29) is 18.0 Å². The van der Waals surface area contributed by atoms with Crippen molar-refractivity contribution in [2.45, 2.75) is 25.9 Å². The van der Waals surface area contributed by atoms with Crippen molar-refractivity contribution in [3.63, 3.8) is 0 Å². The number of benzene rings is 3. The Balaban J connectivity index is 1.34. The second-order valence-corrected chi connectivity index (χ2v) is 8.68. The molecule has 0 unspecified atom stereocenters. The lowest BCUT2D eigenvalue weighted by Gasteiger charge is -2.16. The SMILES string of the molecule is COc1ccc2c(c1)C(/C=C/C(=O)CC(=O)/C=C/c1ccc(OCc3ccccc3)cc1OC)=CCC2. The summed E-state index contributed by atoms with van der Waals surface area (Å²) in [5, 5.41) is 0. The minimum Gasteiger partial charge on any atom is -0.497 e. The molecule has 0 saturated carbocycles. The summed E-state index contributed by atoms with van der Waals surface area (Å²) in [5.41, 5.74) is 5.04. The number of ketones is 2. The molecule has 188 valence electrons. The van der Waals surface area contributed by atoms with Gasteiger partial charge in [-0.25, -0.2) is 0 Å². The van der Waals surface area contributed by atoms with Crippen molar-refractivity contribution in [2.75, 3.05) is 14.2 Å². The average molecular weight is 495 g/mol. The molecule has 0 atom stereocenters. The maximum atomic E-state index is 12.5. The number of fused-ring (bicyclic) bond motifs is 1. The quantitative estimate of drug-likeness (QED) is 0.228. The number of hydrogen-bond donors (Lipinski definition) is 0. The minimum atomic E-state index is -0.277. The van der Waals surface area contributed by atoms with Crippen LogP contribution in [0.3, 0.4) is 0 Å². The summed E-state index contributed by atoms with van der Waals surface area (Å²) in [7, 11) is 3.20. The zero-order valence-corrected chi connectivity index (χ0v) is 21.1. The summed E-state index contributed by atoms with van der Waals surface area (Å²) in [4.78, 5) is 24.9. The molecule has 0 aromatic heterocycles. The molecule has 3 aromatic carbocycles. The highest BCUT2D eigenvalue weighted by atomic mass is 16.5.